The first-order valence-electron chi connectivity index (χ1n) is 7.68. The number of hydrogen-bond acceptors (Lipinski definition) is 2. The van der Waals surface area contributed by atoms with E-state index in [0.717, 1.165) is 11.1 Å². The molecule has 1 aliphatic rings. The summed E-state index contributed by atoms with van der Waals surface area (Å²) in [5, 5.41) is 0. The van der Waals surface area contributed by atoms with Crippen molar-refractivity contribution in [2.75, 3.05) is 0 Å². The lowest BCUT2D eigenvalue weighted by Crippen LogP contribution is -2.20. The Morgan fingerprint density at radius 1 is 0.826 bits per heavy atom. The quantitative estimate of drug-likeness (QED) is 0.780. The van der Waals surface area contributed by atoms with Crippen LogP contribution in [-0.2, 0) is 0 Å². The van der Waals surface area contributed by atoms with Crippen molar-refractivity contribution in [1.82, 2.24) is 0 Å². The molecule has 0 fully saturated rings. The average Bonchev–Trinajstić information content (AvgIpc) is 3.04. The summed E-state index contributed by atoms with van der Waals surface area (Å²) in [7, 11) is 0. The monoisotopic (exact) mass is 302 g/mol. The summed E-state index contributed by atoms with van der Waals surface area (Å²) in [6, 6.07) is 15.0. The number of hydrogen-bond donors (Lipinski definition) is 0. The summed E-state index contributed by atoms with van der Waals surface area (Å²) in [5.41, 5.74) is 3.73. The number of carbonyl (C=O) groups excluding carboxylic acids is 2. The van der Waals surface area contributed by atoms with Crippen LogP contribution in [0.25, 0.3) is 0 Å². The smallest absolute Gasteiger partial charge is 0.190 e. The Bertz CT molecular complexity index is 840. The van der Waals surface area contributed by atoms with E-state index in [2.05, 4.69) is 0 Å². The lowest BCUT2D eigenvalue weighted by Gasteiger charge is -2.14. The number of benzene rings is 2. The van der Waals surface area contributed by atoms with E-state index in [1.54, 1.807) is 18.2 Å². The van der Waals surface area contributed by atoms with Gasteiger partial charge in [-0.25, -0.2) is 0 Å². The van der Waals surface area contributed by atoms with Crippen LogP contribution < -0.4 is 0 Å². The van der Waals surface area contributed by atoms with Crippen LogP contribution in [0.1, 0.15) is 31.8 Å². The zero-order valence-corrected chi connectivity index (χ0v) is 13.2. The third kappa shape index (κ3) is 2.80. The van der Waals surface area contributed by atoms with Crippen molar-refractivity contribution in [3.63, 3.8) is 0 Å². The maximum Gasteiger partial charge on any atom is 0.190 e. The first kappa shape index (κ1) is 15.2. The van der Waals surface area contributed by atoms with Gasteiger partial charge in [0.15, 0.2) is 11.6 Å². The van der Waals surface area contributed by atoms with Gasteiger partial charge in [0.2, 0.25) is 0 Å². The van der Waals surface area contributed by atoms with Crippen LogP contribution in [0.3, 0.4) is 0 Å². The zero-order valence-electron chi connectivity index (χ0n) is 13.2. The van der Waals surface area contributed by atoms with Gasteiger partial charge in [-0.1, -0.05) is 66.8 Å². The summed E-state index contributed by atoms with van der Waals surface area (Å²) >= 11 is 0. The fourth-order valence-electron chi connectivity index (χ4n) is 2.92. The van der Waals surface area contributed by atoms with Crippen LogP contribution in [0.4, 0.5) is 0 Å². The van der Waals surface area contributed by atoms with Crippen molar-refractivity contribution >= 4 is 11.6 Å². The molecule has 2 nitrogen and oxygen atoms in total. The van der Waals surface area contributed by atoms with Gasteiger partial charge in [-0.3, -0.25) is 9.59 Å². The van der Waals surface area contributed by atoms with Crippen LogP contribution in [0.15, 0.2) is 72.3 Å². The maximum atomic E-state index is 12.9. The Hall–Kier alpha value is -2.74. The Kier molecular flexibility index (Phi) is 4.07. The molecule has 0 bridgehead atoms. The molecule has 2 heteroatoms. The highest BCUT2D eigenvalue weighted by Crippen LogP contribution is 2.28. The molecule has 3 rings (SSSR count). The minimum Gasteiger partial charge on any atom is -0.293 e. The standard InChI is InChI=1S/C21H18O2/c1-14-8-3-5-10-16(14)20(22)18-12-7-13-19(18)21(23)17-11-6-4-9-15(17)2/h3-13,18H,1-2H3. The molecule has 114 valence electrons. The van der Waals surface area contributed by atoms with Crippen LogP contribution >= 0.6 is 0 Å². The zero-order chi connectivity index (χ0) is 16.4. The van der Waals surface area contributed by atoms with Crippen molar-refractivity contribution in [2.24, 2.45) is 5.92 Å². The Balaban J connectivity index is 1.93. The van der Waals surface area contributed by atoms with Crippen molar-refractivity contribution in [3.8, 4) is 0 Å². The maximum absolute atomic E-state index is 12.9. The predicted octanol–water partition coefficient (Wildman–Crippen LogP) is 4.48. The van der Waals surface area contributed by atoms with Crippen LogP contribution in [-0.4, -0.2) is 11.6 Å². The van der Waals surface area contributed by atoms with Crippen molar-refractivity contribution in [1.29, 1.82) is 0 Å². The van der Waals surface area contributed by atoms with E-state index in [1.165, 1.54) is 0 Å². The second kappa shape index (κ2) is 6.17. The summed E-state index contributed by atoms with van der Waals surface area (Å²) in [6.07, 6.45) is 5.36. The summed E-state index contributed by atoms with van der Waals surface area (Å²) in [5.74, 6) is -0.590. The number of rotatable bonds is 4. The Morgan fingerprint density at radius 3 is 2.00 bits per heavy atom. The molecule has 1 atom stereocenters. The highest BCUT2D eigenvalue weighted by molar-refractivity contribution is 6.16. The van der Waals surface area contributed by atoms with Crippen molar-refractivity contribution < 1.29 is 9.59 Å². The minimum atomic E-state index is -0.497. The molecule has 0 heterocycles. The van der Waals surface area contributed by atoms with Crippen LogP contribution in [0.2, 0.25) is 0 Å². The van der Waals surface area contributed by atoms with Gasteiger partial charge in [-0.15, -0.1) is 0 Å². The minimum absolute atomic E-state index is 0.0231. The Labute approximate surface area is 136 Å². The van der Waals surface area contributed by atoms with E-state index >= 15 is 0 Å². The van der Waals surface area contributed by atoms with Gasteiger partial charge >= 0.3 is 0 Å². The number of ketones is 2. The highest BCUT2D eigenvalue weighted by Gasteiger charge is 2.30. The van der Waals surface area contributed by atoms with E-state index in [4.69, 9.17) is 0 Å². The lowest BCUT2D eigenvalue weighted by molar-refractivity contribution is 0.0929. The fourth-order valence-corrected chi connectivity index (χ4v) is 2.92. The van der Waals surface area contributed by atoms with Crippen LogP contribution in [0.5, 0.6) is 0 Å². The van der Waals surface area contributed by atoms with Gasteiger partial charge in [0.05, 0.1) is 5.92 Å². The third-order valence-corrected chi connectivity index (χ3v) is 4.26. The van der Waals surface area contributed by atoms with E-state index in [1.807, 2.05) is 62.4 Å². The molecular formula is C21H18O2. The summed E-state index contributed by atoms with van der Waals surface area (Å²) < 4.78 is 0. The topological polar surface area (TPSA) is 34.1 Å². The van der Waals surface area contributed by atoms with Crippen molar-refractivity contribution in [3.05, 3.63) is 94.6 Å². The molecule has 2 aromatic carbocycles. The molecule has 0 spiro atoms. The van der Waals surface area contributed by atoms with Gasteiger partial charge in [-0.2, -0.15) is 0 Å². The summed E-state index contributed by atoms with van der Waals surface area (Å²) in [4.78, 5) is 25.7. The third-order valence-electron chi connectivity index (χ3n) is 4.26. The molecule has 0 aliphatic heterocycles. The second-order valence-electron chi connectivity index (χ2n) is 5.81. The van der Waals surface area contributed by atoms with E-state index < -0.39 is 5.92 Å². The van der Waals surface area contributed by atoms with Gasteiger partial charge in [-0.05, 0) is 25.0 Å². The number of carbonyl (C=O) groups is 2. The first-order valence-corrected chi connectivity index (χ1v) is 7.68. The molecule has 23 heavy (non-hydrogen) atoms. The van der Waals surface area contributed by atoms with E-state index in [9.17, 15) is 9.59 Å². The number of allylic oxidation sites excluding steroid dienone is 4. The van der Waals surface area contributed by atoms with E-state index in [0.29, 0.717) is 16.7 Å². The van der Waals surface area contributed by atoms with E-state index in [-0.39, 0.29) is 11.6 Å². The Morgan fingerprint density at radius 2 is 1.39 bits per heavy atom. The number of aryl methyl sites for hydroxylation is 2. The van der Waals surface area contributed by atoms with Crippen LogP contribution in [0, 0.1) is 19.8 Å². The highest BCUT2D eigenvalue weighted by atomic mass is 16.1. The van der Waals surface area contributed by atoms with Gasteiger partial charge in [0.1, 0.15) is 0 Å². The molecule has 0 saturated heterocycles. The summed E-state index contributed by atoms with van der Waals surface area (Å²) in [6.45, 7) is 3.83. The predicted molar refractivity (Wildman–Crippen MR) is 91.7 cm³/mol. The normalized spacial score (nSPS) is 16.3. The average molecular weight is 302 g/mol. The largest absolute Gasteiger partial charge is 0.293 e. The van der Waals surface area contributed by atoms with Gasteiger partial charge in [0.25, 0.3) is 0 Å². The second-order valence-corrected chi connectivity index (χ2v) is 5.81. The first-order chi connectivity index (χ1) is 11.1. The molecule has 1 aliphatic carbocycles. The lowest BCUT2D eigenvalue weighted by atomic mass is 9.86. The van der Waals surface area contributed by atoms with Crippen molar-refractivity contribution in [2.45, 2.75) is 13.8 Å². The molecule has 0 amide bonds. The molecular weight excluding hydrogens is 284 g/mol. The molecule has 1 unspecified atom stereocenters. The molecule has 2 aromatic rings. The fraction of sp³-hybridized carbons (Fsp3) is 0.143. The van der Waals surface area contributed by atoms with Gasteiger partial charge in [0, 0.05) is 16.7 Å². The molecule has 0 radical (unpaired) electrons. The number of Topliss-reactive ketones (excluding diaryl/α,β-unsaturated/α-hetero) is 2. The SMILES string of the molecule is Cc1ccccc1C(=O)C1=CC=CC1C(=O)c1ccccc1C. The molecule has 0 aromatic heterocycles. The molecule has 0 N–H and O–H groups in total. The van der Waals surface area contributed by atoms with Gasteiger partial charge < -0.3 is 0 Å². The molecule has 0 saturated carbocycles.